The molecule has 80 valence electrons. The van der Waals surface area contributed by atoms with Gasteiger partial charge < -0.3 is 15.6 Å². The molecule has 0 fully saturated rings. The molecule has 15 heavy (non-hydrogen) atoms. The average Bonchev–Trinajstić information content (AvgIpc) is 2.70. The Labute approximate surface area is 89.9 Å². The summed E-state index contributed by atoms with van der Waals surface area (Å²) in [5.41, 5.74) is 8.05. The average molecular weight is 203 g/mol. The fourth-order valence-electron chi connectivity index (χ4n) is 1.74. The summed E-state index contributed by atoms with van der Waals surface area (Å²) >= 11 is 0. The molecule has 2 aromatic rings. The molecule has 0 radical (unpaired) electrons. The van der Waals surface area contributed by atoms with Crippen LogP contribution in [0.15, 0.2) is 30.5 Å². The van der Waals surface area contributed by atoms with E-state index in [0.717, 1.165) is 0 Å². The first kappa shape index (κ1) is 10.1. The highest BCUT2D eigenvalue weighted by Crippen LogP contribution is 2.26. The Bertz CT molecular complexity index is 447. The van der Waals surface area contributed by atoms with Crippen molar-refractivity contribution in [3.63, 3.8) is 0 Å². The van der Waals surface area contributed by atoms with Gasteiger partial charge in [0.25, 0.3) is 0 Å². The van der Waals surface area contributed by atoms with Crippen molar-refractivity contribution in [2.75, 3.05) is 18.5 Å². The van der Waals surface area contributed by atoms with E-state index in [-0.39, 0.29) is 0 Å². The first-order valence-electron chi connectivity index (χ1n) is 5.23. The highest BCUT2D eigenvalue weighted by molar-refractivity contribution is 5.92. The molecule has 0 amide bonds. The second-order valence-electron chi connectivity index (χ2n) is 3.92. The van der Waals surface area contributed by atoms with Crippen LogP contribution in [0.3, 0.4) is 0 Å². The predicted molar refractivity (Wildman–Crippen MR) is 65.2 cm³/mol. The molecule has 1 unspecified atom stereocenters. The number of para-hydroxylation sites is 1. The maximum Gasteiger partial charge on any atom is 0.0624 e. The van der Waals surface area contributed by atoms with E-state index >= 15 is 0 Å². The van der Waals surface area contributed by atoms with Gasteiger partial charge in [-0.3, -0.25) is 0 Å². The van der Waals surface area contributed by atoms with Crippen LogP contribution in [0.25, 0.3) is 10.9 Å². The van der Waals surface area contributed by atoms with Crippen LogP contribution < -0.4 is 10.6 Å². The minimum absolute atomic E-state index is 0.351. The molecule has 2 rings (SSSR count). The normalized spacial score (nSPS) is 13.0. The Morgan fingerprint density at radius 1 is 1.40 bits per heavy atom. The summed E-state index contributed by atoms with van der Waals surface area (Å²) in [6, 6.07) is 8.65. The smallest absolute Gasteiger partial charge is 0.0624 e. The van der Waals surface area contributed by atoms with E-state index in [0.29, 0.717) is 12.6 Å². The Hall–Kier alpha value is -1.48. The van der Waals surface area contributed by atoms with Crippen LogP contribution in [0.1, 0.15) is 6.92 Å². The fraction of sp³-hybridized carbons (Fsp3) is 0.333. The molecule has 0 saturated carbocycles. The summed E-state index contributed by atoms with van der Waals surface area (Å²) in [5.74, 6) is 0. The number of likely N-dealkylation sites (N-methyl/N-ethyl adjacent to an activating group) is 1. The van der Waals surface area contributed by atoms with E-state index < -0.39 is 0 Å². The van der Waals surface area contributed by atoms with E-state index in [1.807, 2.05) is 12.3 Å². The van der Waals surface area contributed by atoms with Gasteiger partial charge in [0.05, 0.1) is 5.69 Å². The fourth-order valence-corrected chi connectivity index (χ4v) is 1.74. The van der Waals surface area contributed by atoms with Gasteiger partial charge in [-0.05, 0) is 13.0 Å². The van der Waals surface area contributed by atoms with Crippen LogP contribution >= 0.6 is 0 Å². The number of nitrogens with two attached hydrogens (primary N) is 1. The summed E-state index contributed by atoms with van der Waals surface area (Å²) in [4.78, 5) is 5.47. The first-order valence-corrected chi connectivity index (χ1v) is 5.23. The highest BCUT2D eigenvalue weighted by atomic mass is 15.1. The lowest BCUT2D eigenvalue weighted by Crippen LogP contribution is -2.35. The number of rotatable bonds is 3. The second-order valence-corrected chi connectivity index (χ2v) is 3.92. The largest absolute Gasteiger partial charge is 0.369 e. The van der Waals surface area contributed by atoms with Gasteiger partial charge in [-0.25, -0.2) is 0 Å². The van der Waals surface area contributed by atoms with Crippen molar-refractivity contribution in [2.24, 2.45) is 5.73 Å². The Kier molecular flexibility index (Phi) is 2.64. The van der Waals surface area contributed by atoms with Gasteiger partial charge in [0.1, 0.15) is 0 Å². The van der Waals surface area contributed by atoms with Gasteiger partial charge in [0, 0.05) is 36.7 Å². The Balaban J connectivity index is 2.43. The zero-order valence-corrected chi connectivity index (χ0v) is 9.20. The van der Waals surface area contributed by atoms with E-state index in [1.54, 1.807) is 0 Å². The molecule has 0 saturated heterocycles. The summed E-state index contributed by atoms with van der Waals surface area (Å²) in [6.45, 7) is 2.79. The van der Waals surface area contributed by atoms with Gasteiger partial charge >= 0.3 is 0 Å². The molecule has 3 N–H and O–H groups in total. The van der Waals surface area contributed by atoms with Gasteiger partial charge in [-0.2, -0.15) is 0 Å². The topological polar surface area (TPSA) is 45.0 Å². The van der Waals surface area contributed by atoms with E-state index in [2.05, 4.69) is 42.1 Å². The predicted octanol–water partition coefficient (Wildman–Crippen LogP) is 1.95. The molecule has 1 aromatic carbocycles. The van der Waals surface area contributed by atoms with Gasteiger partial charge in [-0.15, -0.1) is 0 Å². The maximum atomic E-state index is 5.67. The summed E-state index contributed by atoms with van der Waals surface area (Å²) in [5, 5.41) is 1.25. The van der Waals surface area contributed by atoms with Crippen molar-refractivity contribution in [2.45, 2.75) is 13.0 Å². The van der Waals surface area contributed by atoms with Crippen LogP contribution in [0, 0.1) is 0 Å². The molecule has 1 heterocycles. The molecule has 0 aliphatic carbocycles. The maximum absolute atomic E-state index is 5.67. The molecular formula is C12H17N3. The van der Waals surface area contributed by atoms with Crippen molar-refractivity contribution in [3.8, 4) is 0 Å². The number of nitrogens with zero attached hydrogens (tertiary/aromatic N) is 1. The summed E-state index contributed by atoms with van der Waals surface area (Å²) in [6.07, 6.45) is 2.04. The van der Waals surface area contributed by atoms with E-state index in [4.69, 9.17) is 5.73 Å². The van der Waals surface area contributed by atoms with Crippen molar-refractivity contribution >= 4 is 16.6 Å². The van der Waals surface area contributed by atoms with Crippen LogP contribution in [-0.2, 0) is 0 Å². The standard InChI is InChI=1S/C12H17N3/c1-9(7-13)15(2)12-8-14-11-6-4-3-5-10(11)12/h3-6,8-9,14H,7,13H2,1-2H3. The van der Waals surface area contributed by atoms with E-state index in [1.165, 1.54) is 16.6 Å². The molecule has 1 aromatic heterocycles. The third-order valence-electron chi connectivity index (χ3n) is 2.95. The molecule has 0 bridgehead atoms. The Morgan fingerprint density at radius 3 is 2.87 bits per heavy atom. The van der Waals surface area contributed by atoms with Gasteiger partial charge in [0.2, 0.25) is 0 Å². The minimum atomic E-state index is 0.351. The van der Waals surface area contributed by atoms with Crippen LogP contribution in [0.5, 0.6) is 0 Å². The van der Waals surface area contributed by atoms with Gasteiger partial charge in [0.15, 0.2) is 0 Å². The SMILES string of the molecule is CC(CN)N(C)c1c[nH]c2ccccc12. The number of aromatic amines is 1. The Morgan fingerprint density at radius 2 is 2.13 bits per heavy atom. The van der Waals surface area contributed by atoms with Crippen molar-refractivity contribution in [1.82, 2.24) is 4.98 Å². The zero-order chi connectivity index (χ0) is 10.8. The lowest BCUT2D eigenvalue weighted by atomic mass is 10.2. The molecule has 0 spiro atoms. The van der Waals surface area contributed by atoms with Gasteiger partial charge in [-0.1, -0.05) is 18.2 Å². The molecule has 0 aliphatic heterocycles. The first-order chi connectivity index (χ1) is 7.24. The molecule has 3 nitrogen and oxygen atoms in total. The lowest BCUT2D eigenvalue weighted by Gasteiger charge is -2.24. The molecule has 3 heteroatoms. The summed E-state index contributed by atoms with van der Waals surface area (Å²) < 4.78 is 0. The third kappa shape index (κ3) is 1.70. The van der Waals surface area contributed by atoms with E-state index in [9.17, 15) is 0 Å². The minimum Gasteiger partial charge on any atom is -0.369 e. The van der Waals surface area contributed by atoms with Crippen molar-refractivity contribution < 1.29 is 0 Å². The number of H-pyrrole nitrogens is 1. The number of hydrogen-bond donors (Lipinski definition) is 2. The number of nitrogens with one attached hydrogen (secondary N) is 1. The monoisotopic (exact) mass is 203 g/mol. The highest BCUT2D eigenvalue weighted by Gasteiger charge is 2.11. The number of aromatic nitrogens is 1. The molecule has 0 aliphatic rings. The quantitative estimate of drug-likeness (QED) is 0.801. The summed E-state index contributed by atoms with van der Waals surface area (Å²) in [7, 11) is 2.08. The van der Waals surface area contributed by atoms with Crippen molar-refractivity contribution in [1.29, 1.82) is 0 Å². The number of anilines is 1. The third-order valence-corrected chi connectivity index (χ3v) is 2.95. The zero-order valence-electron chi connectivity index (χ0n) is 9.20. The second kappa shape index (κ2) is 3.95. The lowest BCUT2D eigenvalue weighted by molar-refractivity contribution is 0.697. The number of benzene rings is 1. The molecular weight excluding hydrogens is 186 g/mol. The number of hydrogen-bond acceptors (Lipinski definition) is 2. The number of fused-ring (bicyclic) bond motifs is 1. The van der Waals surface area contributed by atoms with Crippen molar-refractivity contribution in [3.05, 3.63) is 30.5 Å². The van der Waals surface area contributed by atoms with Crippen LogP contribution in [0.4, 0.5) is 5.69 Å². The van der Waals surface area contributed by atoms with Crippen LogP contribution in [0.2, 0.25) is 0 Å². The van der Waals surface area contributed by atoms with Crippen LogP contribution in [-0.4, -0.2) is 24.6 Å². The molecule has 1 atom stereocenters.